The molecule has 0 aliphatic carbocycles. The topological polar surface area (TPSA) is 61.2 Å². The molecule has 2 heterocycles. The van der Waals surface area contributed by atoms with Crippen molar-refractivity contribution < 1.29 is 18.6 Å². The molecule has 5 heteroatoms. The summed E-state index contributed by atoms with van der Waals surface area (Å²) in [5.74, 6) is 0.972. The predicted molar refractivity (Wildman–Crippen MR) is 73.5 cm³/mol. The van der Waals surface area contributed by atoms with Gasteiger partial charge in [0.2, 0.25) is 5.75 Å². The lowest BCUT2D eigenvalue weighted by atomic mass is 10.1. The Morgan fingerprint density at radius 2 is 1.95 bits per heavy atom. The summed E-state index contributed by atoms with van der Waals surface area (Å²) in [5.41, 5.74) is -0.174. The number of rotatable bonds is 4. The fraction of sp³-hybridized carbons (Fsp3) is 0.400. The number of fused-ring (bicyclic) bond motifs is 1. The molecule has 0 saturated carbocycles. The molecule has 1 aromatic heterocycles. The van der Waals surface area contributed by atoms with E-state index < -0.39 is 5.63 Å². The Morgan fingerprint density at radius 3 is 2.60 bits per heavy atom. The van der Waals surface area contributed by atoms with Crippen LogP contribution in [0.25, 0.3) is 11.0 Å². The summed E-state index contributed by atoms with van der Waals surface area (Å²) >= 11 is 0. The maximum absolute atomic E-state index is 11.4. The first-order valence-corrected chi connectivity index (χ1v) is 6.43. The standard InChI is InChI=1S/C15H16O5/c1-15(2)11(20-15)8-18-14-10(17-3)6-4-9-5-7-12(16)19-13(9)14/h4-7,11H,8H2,1-3H3/t11-/m0/s1. The quantitative estimate of drug-likeness (QED) is 0.633. The van der Waals surface area contributed by atoms with Crippen molar-refractivity contribution in [2.24, 2.45) is 0 Å². The van der Waals surface area contributed by atoms with Gasteiger partial charge in [0.1, 0.15) is 12.7 Å². The summed E-state index contributed by atoms with van der Waals surface area (Å²) in [6, 6.07) is 6.69. The molecule has 1 aliphatic heterocycles. The molecule has 1 atom stereocenters. The van der Waals surface area contributed by atoms with Gasteiger partial charge in [0, 0.05) is 11.5 Å². The van der Waals surface area contributed by atoms with Crippen LogP contribution < -0.4 is 15.1 Å². The number of hydrogen-bond acceptors (Lipinski definition) is 5. The summed E-state index contributed by atoms with van der Waals surface area (Å²) in [6.07, 6.45) is 0.0397. The first-order chi connectivity index (χ1) is 9.51. The van der Waals surface area contributed by atoms with Gasteiger partial charge in [-0.1, -0.05) is 0 Å². The molecule has 1 aromatic carbocycles. The van der Waals surface area contributed by atoms with Gasteiger partial charge in [-0.3, -0.25) is 0 Å². The van der Waals surface area contributed by atoms with Crippen molar-refractivity contribution in [3.8, 4) is 11.5 Å². The maximum atomic E-state index is 11.4. The Balaban J connectivity index is 1.97. The summed E-state index contributed by atoms with van der Waals surface area (Å²) < 4.78 is 21.8. The third kappa shape index (κ3) is 2.25. The Morgan fingerprint density at radius 1 is 1.25 bits per heavy atom. The highest BCUT2D eigenvalue weighted by Crippen LogP contribution is 2.39. The van der Waals surface area contributed by atoms with E-state index in [9.17, 15) is 4.79 Å². The van der Waals surface area contributed by atoms with E-state index in [1.54, 1.807) is 19.2 Å². The highest BCUT2D eigenvalue weighted by Gasteiger charge is 2.48. The van der Waals surface area contributed by atoms with Crippen molar-refractivity contribution in [1.82, 2.24) is 0 Å². The zero-order valence-corrected chi connectivity index (χ0v) is 11.6. The summed E-state index contributed by atoms with van der Waals surface area (Å²) in [7, 11) is 1.55. The van der Waals surface area contributed by atoms with Crippen LogP contribution >= 0.6 is 0 Å². The van der Waals surface area contributed by atoms with E-state index in [2.05, 4.69) is 0 Å². The second-order valence-corrected chi connectivity index (χ2v) is 5.29. The van der Waals surface area contributed by atoms with Crippen molar-refractivity contribution in [1.29, 1.82) is 0 Å². The number of methoxy groups -OCH3 is 1. The normalized spacial score (nSPS) is 19.9. The molecule has 0 unspecified atom stereocenters. The third-order valence-corrected chi connectivity index (χ3v) is 3.47. The van der Waals surface area contributed by atoms with Gasteiger partial charge in [-0.25, -0.2) is 4.79 Å². The first kappa shape index (κ1) is 13.0. The number of epoxide rings is 1. The van der Waals surface area contributed by atoms with Crippen LogP contribution in [-0.2, 0) is 4.74 Å². The van der Waals surface area contributed by atoms with E-state index in [1.807, 2.05) is 19.9 Å². The fourth-order valence-electron chi connectivity index (χ4n) is 2.11. The Bertz CT molecular complexity index is 701. The van der Waals surface area contributed by atoms with Gasteiger partial charge in [-0.15, -0.1) is 0 Å². The lowest BCUT2D eigenvalue weighted by Crippen LogP contribution is -2.13. The number of ether oxygens (including phenoxy) is 3. The zero-order chi connectivity index (χ0) is 14.3. The molecule has 2 aromatic rings. The maximum Gasteiger partial charge on any atom is 0.336 e. The molecule has 106 valence electrons. The Hall–Kier alpha value is -2.01. The van der Waals surface area contributed by atoms with Gasteiger partial charge < -0.3 is 18.6 Å². The first-order valence-electron chi connectivity index (χ1n) is 6.43. The zero-order valence-electron chi connectivity index (χ0n) is 11.6. The molecule has 0 bridgehead atoms. The molecule has 0 radical (unpaired) electrons. The van der Waals surface area contributed by atoms with Gasteiger partial charge in [0.05, 0.1) is 12.7 Å². The third-order valence-electron chi connectivity index (χ3n) is 3.47. The van der Waals surface area contributed by atoms with Crippen molar-refractivity contribution in [2.75, 3.05) is 13.7 Å². The highest BCUT2D eigenvalue weighted by atomic mass is 16.6. The van der Waals surface area contributed by atoms with E-state index in [1.165, 1.54) is 6.07 Å². The monoisotopic (exact) mass is 276 g/mol. The van der Waals surface area contributed by atoms with Gasteiger partial charge in [0.15, 0.2) is 11.3 Å². The van der Waals surface area contributed by atoms with E-state index in [-0.39, 0.29) is 11.7 Å². The average Bonchev–Trinajstić information content (AvgIpc) is 3.03. The summed E-state index contributed by atoms with van der Waals surface area (Å²) in [4.78, 5) is 11.4. The van der Waals surface area contributed by atoms with Crippen LogP contribution in [0.3, 0.4) is 0 Å². The number of benzene rings is 1. The molecule has 1 fully saturated rings. The van der Waals surface area contributed by atoms with E-state index >= 15 is 0 Å². The van der Waals surface area contributed by atoms with Crippen molar-refractivity contribution in [3.05, 3.63) is 34.7 Å². The minimum Gasteiger partial charge on any atom is -0.493 e. The fourth-order valence-corrected chi connectivity index (χ4v) is 2.11. The van der Waals surface area contributed by atoms with Crippen molar-refractivity contribution in [2.45, 2.75) is 25.6 Å². The predicted octanol–water partition coefficient (Wildman–Crippen LogP) is 2.36. The number of hydrogen-bond donors (Lipinski definition) is 0. The Kier molecular flexibility index (Phi) is 2.94. The Labute approximate surface area is 116 Å². The van der Waals surface area contributed by atoms with Crippen LogP contribution in [0.1, 0.15) is 13.8 Å². The van der Waals surface area contributed by atoms with Gasteiger partial charge in [0.25, 0.3) is 0 Å². The molecule has 0 N–H and O–H groups in total. The van der Waals surface area contributed by atoms with E-state index in [4.69, 9.17) is 18.6 Å². The van der Waals surface area contributed by atoms with Gasteiger partial charge >= 0.3 is 5.63 Å². The molecular formula is C15H16O5. The van der Waals surface area contributed by atoms with Gasteiger partial charge in [-0.05, 0) is 32.0 Å². The van der Waals surface area contributed by atoms with Gasteiger partial charge in [-0.2, -0.15) is 0 Å². The second kappa shape index (κ2) is 4.52. The van der Waals surface area contributed by atoms with Crippen LogP contribution in [0.4, 0.5) is 0 Å². The SMILES string of the molecule is COc1ccc2ccc(=O)oc2c1OC[C@@H]1OC1(C)C. The molecule has 0 amide bonds. The van der Waals surface area contributed by atoms with Crippen LogP contribution in [0.15, 0.2) is 33.5 Å². The van der Waals surface area contributed by atoms with Crippen molar-refractivity contribution in [3.63, 3.8) is 0 Å². The minimum absolute atomic E-state index is 0.0397. The molecule has 5 nitrogen and oxygen atoms in total. The highest BCUT2D eigenvalue weighted by molar-refractivity contribution is 5.85. The molecule has 3 rings (SSSR count). The average molecular weight is 276 g/mol. The molecular weight excluding hydrogens is 260 g/mol. The van der Waals surface area contributed by atoms with Crippen LogP contribution in [0.2, 0.25) is 0 Å². The molecule has 0 spiro atoms. The molecule has 1 aliphatic rings. The van der Waals surface area contributed by atoms with Crippen LogP contribution in [0, 0.1) is 0 Å². The summed E-state index contributed by atoms with van der Waals surface area (Å²) in [5, 5.41) is 0.788. The van der Waals surface area contributed by atoms with Crippen molar-refractivity contribution >= 4 is 11.0 Å². The smallest absolute Gasteiger partial charge is 0.336 e. The molecule has 20 heavy (non-hydrogen) atoms. The summed E-state index contributed by atoms with van der Waals surface area (Å²) in [6.45, 7) is 4.39. The molecule has 1 saturated heterocycles. The van der Waals surface area contributed by atoms with Crippen LogP contribution in [0.5, 0.6) is 11.5 Å². The van der Waals surface area contributed by atoms with E-state index in [0.717, 1.165) is 5.39 Å². The van der Waals surface area contributed by atoms with E-state index in [0.29, 0.717) is 23.7 Å². The largest absolute Gasteiger partial charge is 0.493 e. The van der Waals surface area contributed by atoms with Crippen LogP contribution in [-0.4, -0.2) is 25.4 Å². The lowest BCUT2D eigenvalue weighted by Gasteiger charge is -2.11. The lowest BCUT2D eigenvalue weighted by molar-refractivity contribution is 0.245. The second-order valence-electron chi connectivity index (χ2n) is 5.29. The minimum atomic E-state index is -0.418.